The molecule has 1 heterocycles. The van der Waals surface area contributed by atoms with E-state index >= 15 is 0 Å². The average molecular weight is 232 g/mol. The molecule has 1 aromatic rings. The molecule has 0 bridgehead atoms. The lowest BCUT2D eigenvalue weighted by Gasteiger charge is -2.23. The molecular weight excluding hydrogens is 216 g/mol. The SMILES string of the molecule is Cc1cc(C(=O)N(C)C(C)CC#N)c(C)nn1. The van der Waals surface area contributed by atoms with Gasteiger partial charge in [-0.25, -0.2) is 0 Å². The minimum atomic E-state index is -0.122. The molecule has 0 spiro atoms. The number of hydrogen-bond donors (Lipinski definition) is 0. The molecule has 0 aromatic carbocycles. The number of rotatable bonds is 3. The molecule has 0 fully saturated rings. The second-order valence-electron chi connectivity index (χ2n) is 4.11. The van der Waals surface area contributed by atoms with Gasteiger partial charge in [-0.1, -0.05) is 0 Å². The van der Waals surface area contributed by atoms with E-state index < -0.39 is 0 Å². The van der Waals surface area contributed by atoms with Gasteiger partial charge in [0.15, 0.2) is 0 Å². The maximum Gasteiger partial charge on any atom is 0.255 e. The van der Waals surface area contributed by atoms with Crippen molar-refractivity contribution >= 4 is 5.91 Å². The molecule has 0 radical (unpaired) electrons. The van der Waals surface area contributed by atoms with Gasteiger partial charge >= 0.3 is 0 Å². The van der Waals surface area contributed by atoms with Crippen LogP contribution in [0.25, 0.3) is 0 Å². The van der Waals surface area contributed by atoms with Crippen LogP contribution >= 0.6 is 0 Å². The van der Waals surface area contributed by atoms with E-state index in [4.69, 9.17) is 5.26 Å². The summed E-state index contributed by atoms with van der Waals surface area (Å²) in [4.78, 5) is 13.7. The first kappa shape index (κ1) is 13.1. The summed E-state index contributed by atoms with van der Waals surface area (Å²) >= 11 is 0. The largest absolute Gasteiger partial charge is 0.338 e. The van der Waals surface area contributed by atoms with Gasteiger partial charge in [0.1, 0.15) is 0 Å². The average Bonchev–Trinajstić information content (AvgIpc) is 2.30. The van der Waals surface area contributed by atoms with E-state index in [1.165, 1.54) is 0 Å². The zero-order valence-corrected chi connectivity index (χ0v) is 10.6. The van der Waals surface area contributed by atoms with E-state index in [9.17, 15) is 4.79 Å². The lowest BCUT2D eigenvalue weighted by molar-refractivity contribution is 0.0744. The van der Waals surface area contributed by atoms with Crippen LogP contribution in [0.1, 0.15) is 35.1 Å². The van der Waals surface area contributed by atoms with E-state index in [0.717, 1.165) is 0 Å². The zero-order chi connectivity index (χ0) is 13.0. The Morgan fingerprint density at radius 3 is 2.76 bits per heavy atom. The number of amides is 1. The number of aromatic nitrogens is 2. The van der Waals surface area contributed by atoms with Crippen molar-refractivity contribution in [3.8, 4) is 6.07 Å². The topological polar surface area (TPSA) is 69.9 Å². The number of carbonyl (C=O) groups is 1. The minimum Gasteiger partial charge on any atom is -0.338 e. The van der Waals surface area contributed by atoms with Crippen molar-refractivity contribution in [2.75, 3.05) is 7.05 Å². The molecule has 0 saturated carbocycles. The minimum absolute atomic E-state index is 0.111. The highest BCUT2D eigenvalue weighted by Crippen LogP contribution is 2.11. The monoisotopic (exact) mass is 232 g/mol. The van der Waals surface area contributed by atoms with Gasteiger partial charge < -0.3 is 4.90 Å². The molecule has 0 aliphatic heterocycles. The third-order valence-electron chi connectivity index (χ3n) is 2.70. The Kier molecular flexibility index (Phi) is 4.16. The Labute approximate surface area is 101 Å². The van der Waals surface area contributed by atoms with Crippen LogP contribution in [0.15, 0.2) is 6.07 Å². The fourth-order valence-electron chi connectivity index (χ4n) is 1.43. The summed E-state index contributed by atoms with van der Waals surface area (Å²) in [5.74, 6) is -0.122. The highest BCUT2D eigenvalue weighted by molar-refractivity contribution is 5.95. The molecule has 17 heavy (non-hydrogen) atoms. The Bertz CT molecular complexity index is 464. The molecule has 0 aliphatic carbocycles. The number of aryl methyl sites for hydroxylation is 2. The van der Waals surface area contributed by atoms with Gasteiger partial charge in [0, 0.05) is 13.1 Å². The third-order valence-corrected chi connectivity index (χ3v) is 2.70. The van der Waals surface area contributed by atoms with Gasteiger partial charge in [0.05, 0.1) is 29.4 Å². The van der Waals surface area contributed by atoms with Gasteiger partial charge in [-0.2, -0.15) is 15.5 Å². The van der Waals surface area contributed by atoms with Gasteiger partial charge in [-0.05, 0) is 26.8 Å². The lowest BCUT2D eigenvalue weighted by Crippen LogP contribution is -2.35. The van der Waals surface area contributed by atoms with Crippen molar-refractivity contribution < 1.29 is 4.79 Å². The van der Waals surface area contributed by atoms with Gasteiger partial charge in [0.2, 0.25) is 0 Å². The maximum atomic E-state index is 12.2. The van der Waals surface area contributed by atoms with Gasteiger partial charge in [0.25, 0.3) is 5.91 Å². The molecule has 1 amide bonds. The van der Waals surface area contributed by atoms with E-state index in [2.05, 4.69) is 16.3 Å². The maximum absolute atomic E-state index is 12.2. The standard InChI is InChI=1S/C12H16N4O/c1-8-7-11(10(3)15-14-8)12(17)16(4)9(2)5-6-13/h7,9H,5H2,1-4H3. The van der Waals surface area contributed by atoms with Crippen molar-refractivity contribution in [2.24, 2.45) is 0 Å². The highest BCUT2D eigenvalue weighted by atomic mass is 16.2. The van der Waals surface area contributed by atoms with Gasteiger partial charge in [-0.15, -0.1) is 0 Å². The molecule has 1 unspecified atom stereocenters. The number of hydrogen-bond acceptors (Lipinski definition) is 4. The van der Waals surface area contributed by atoms with E-state index in [-0.39, 0.29) is 11.9 Å². The lowest BCUT2D eigenvalue weighted by atomic mass is 10.1. The first-order valence-electron chi connectivity index (χ1n) is 5.42. The summed E-state index contributed by atoms with van der Waals surface area (Å²) in [6.07, 6.45) is 0.318. The normalized spacial score (nSPS) is 11.7. The van der Waals surface area contributed by atoms with Crippen LogP contribution in [0.4, 0.5) is 0 Å². The summed E-state index contributed by atoms with van der Waals surface area (Å²) in [5.41, 5.74) is 1.86. The molecule has 0 N–H and O–H groups in total. The second-order valence-corrected chi connectivity index (χ2v) is 4.11. The van der Waals surface area contributed by atoms with Crippen LogP contribution in [-0.2, 0) is 0 Å². The zero-order valence-electron chi connectivity index (χ0n) is 10.6. The predicted molar refractivity (Wildman–Crippen MR) is 63.3 cm³/mol. The quantitative estimate of drug-likeness (QED) is 0.791. The smallest absolute Gasteiger partial charge is 0.255 e. The predicted octanol–water partition coefficient (Wildman–Crippen LogP) is 1.47. The Morgan fingerprint density at radius 2 is 2.18 bits per heavy atom. The molecule has 5 nitrogen and oxygen atoms in total. The number of carbonyl (C=O) groups excluding carboxylic acids is 1. The fourth-order valence-corrected chi connectivity index (χ4v) is 1.43. The summed E-state index contributed by atoms with van der Waals surface area (Å²) < 4.78 is 0. The Hall–Kier alpha value is -1.96. The van der Waals surface area contributed by atoms with Crippen LogP contribution in [-0.4, -0.2) is 34.1 Å². The molecule has 90 valence electrons. The van der Waals surface area contributed by atoms with Crippen LogP contribution < -0.4 is 0 Å². The van der Waals surface area contributed by atoms with Crippen LogP contribution in [0.3, 0.4) is 0 Å². The highest BCUT2D eigenvalue weighted by Gasteiger charge is 2.19. The number of nitriles is 1. The first-order valence-corrected chi connectivity index (χ1v) is 5.42. The summed E-state index contributed by atoms with van der Waals surface area (Å²) in [5, 5.41) is 16.4. The van der Waals surface area contributed by atoms with Crippen molar-refractivity contribution in [1.82, 2.24) is 15.1 Å². The molecule has 1 atom stereocenters. The molecule has 1 aromatic heterocycles. The van der Waals surface area contributed by atoms with E-state index in [0.29, 0.717) is 23.4 Å². The van der Waals surface area contributed by atoms with Gasteiger partial charge in [-0.3, -0.25) is 4.79 Å². The van der Waals surface area contributed by atoms with Crippen LogP contribution in [0.5, 0.6) is 0 Å². The summed E-state index contributed by atoms with van der Waals surface area (Å²) in [6.45, 7) is 5.39. The van der Waals surface area contributed by atoms with Crippen molar-refractivity contribution in [1.29, 1.82) is 5.26 Å². The Balaban J connectivity index is 2.96. The van der Waals surface area contributed by atoms with Crippen molar-refractivity contribution in [2.45, 2.75) is 33.2 Å². The summed E-state index contributed by atoms with van der Waals surface area (Å²) in [7, 11) is 1.69. The van der Waals surface area contributed by atoms with Crippen LogP contribution in [0.2, 0.25) is 0 Å². The van der Waals surface area contributed by atoms with Crippen molar-refractivity contribution in [3.05, 3.63) is 23.0 Å². The fraction of sp³-hybridized carbons (Fsp3) is 0.500. The second kappa shape index (κ2) is 5.39. The molecule has 0 aliphatic rings. The molecular formula is C12H16N4O. The Morgan fingerprint density at radius 1 is 1.53 bits per heavy atom. The molecule has 1 rings (SSSR count). The van der Waals surface area contributed by atoms with Crippen molar-refractivity contribution in [3.63, 3.8) is 0 Å². The van der Waals surface area contributed by atoms with Crippen LogP contribution in [0, 0.1) is 25.2 Å². The van der Waals surface area contributed by atoms with E-state index in [1.54, 1.807) is 31.9 Å². The number of nitrogens with zero attached hydrogens (tertiary/aromatic N) is 4. The third kappa shape index (κ3) is 3.00. The first-order chi connectivity index (χ1) is 7.97. The summed E-state index contributed by atoms with van der Waals surface area (Å²) in [6, 6.07) is 3.67. The van der Waals surface area contributed by atoms with E-state index in [1.807, 2.05) is 6.92 Å². The molecule has 0 saturated heterocycles. The molecule has 5 heteroatoms.